The maximum atomic E-state index is 14.0. The fourth-order valence-electron chi connectivity index (χ4n) is 2.73. The Balaban J connectivity index is 1.86. The number of ether oxygens (including phenoxy) is 1. The fourth-order valence-corrected chi connectivity index (χ4v) is 3.18. The third kappa shape index (κ3) is 6.06. The van der Waals surface area contributed by atoms with Gasteiger partial charge in [0.05, 0.1) is 11.6 Å². The Morgan fingerprint density at radius 1 is 1.27 bits per heavy atom. The van der Waals surface area contributed by atoms with Crippen LogP contribution in [0.2, 0.25) is 0 Å². The standard InChI is InChI=1S/C20H21F2N3O4S/c1-20(21,22)15-5-6-17(25-19(15)29-14-7-10-23-11-8-14)18(26)24-16(13-3-4-13)9-12-30(2,27)28/h5-13,16H,3-4H2,1-2H3,(H,24,26)/b12-9+/t16-/m1/s1. The molecule has 0 radical (unpaired) electrons. The molecule has 30 heavy (non-hydrogen) atoms. The molecule has 1 atom stereocenters. The first-order valence-electron chi connectivity index (χ1n) is 9.19. The Morgan fingerprint density at radius 2 is 1.93 bits per heavy atom. The van der Waals surface area contributed by atoms with Crippen LogP contribution in [0.15, 0.2) is 48.1 Å². The number of aromatic nitrogens is 2. The van der Waals surface area contributed by atoms with E-state index in [2.05, 4.69) is 15.3 Å². The summed E-state index contributed by atoms with van der Waals surface area (Å²) in [4.78, 5) is 20.5. The Labute approximate surface area is 173 Å². The molecule has 10 heteroatoms. The number of carbonyl (C=O) groups is 1. The molecule has 1 amide bonds. The zero-order valence-electron chi connectivity index (χ0n) is 16.4. The normalized spacial score (nSPS) is 15.7. The van der Waals surface area contributed by atoms with E-state index in [0.29, 0.717) is 6.92 Å². The van der Waals surface area contributed by atoms with Crippen molar-refractivity contribution >= 4 is 15.7 Å². The van der Waals surface area contributed by atoms with E-state index < -0.39 is 39.2 Å². The molecule has 1 aliphatic carbocycles. The number of hydrogen-bond acceptors (Lipinski definition) is 6. The Bertz CT molecular complexity index is 1050. The van der Waals surface area contributed by atoms with Gasteiger partial charge in [-0.3, -0.25) is 9.78 Å². The van der Waals surface area contributed by atoms with Crippen LogP contribution in [0.25, 0.3) is 0 Å². The van der Waals surface area contributed by atoms with Crippen molar-refractivity contribution in [3.8, 4) is 11.6 Å². The van der Waals surface area contributed by atoms with Gasteiger partial charge in [0.1, 0.15) is 11.4 Å². The van der Waals surface area contributed by atoms with Gasteiger partial charge in [-0.1, -0.05) is 6.08 Å². The SMILES string of the molecule is CC(F)(F)c1ccc(C(=O)N[C@H](/C=C/S(C)(=O)=O)C2CC2)nc1Oc1ccncc1. The van der Waals surface area contributed by atoms with Crippen LogP contribution < -0.4 is 10.1 Å². The largest absolute Gasteiger partial charge is 0.438 e. The molecular weight excluding hydrogens is 416 g/mol. The number of rotatable bonds is 8. The molecule has 7 nitrogen and oxygen atoms in total. The van der Waals surface area contributed by atoms with Gasteiger partial charge >= 0.3 is 0 Å². The summed E-state index contributed by atoms with van der Waals surface area (Å²) in [6.07, 6.45) is 7.05. The van der Waals surface area contributed by atoms with Crippen molar-refractivity contribution in [1.29, 1.82) is 0 Å². The molecule has 0 bridgehead atoms. The van der Waals surface area contributed by atoms with E-state index >= 15 is 0 Å². The van der Waals surface area contributed by atoms with Gasteiger partial charge in [0.15, 0.2) is 9.84 Å². The number of halogens is 2. The average molecular weight is 437 g/mol. The summed E-state index contributed by atoms with van der Waals surface area (Å²) < 4.78 is 56.2. The minimum absolute atomic E-state index is 0.120. The Kier molecular flexibility index (Phi) is 6.16. The van der Waals surface area contributed by atoms with Crippen molar-refractivity contribution in [2.45, 2.75) is 31.7 Å². The second-order valence-electron chi connectivity index (χ2n) is 7.22. The van der Waals surface area contributed by atoms with Gasteiger partial charge < -0.3 is 10.1 Å². The topological polar surface area (TPSA) is 98.2 Å². The number of amides is 1. The number of pyridine rings is 2. The highest BCUT2D eigenvalue weighted by atomic mass is 32.2. The monoisotopic (exact) mass is 437 g/mol. The van der Waals surface area contributed by atoms with Crippen LogP contribution in [0.3, 0.4) is 0 Å². The van der Waals surface area contributed by atoms with Crippen LogP contribution in [0.5, 0.6) is 11.6 Å². The highest BCUT2D eigenvalue weighted by Crippen LogP contribution is 2.36. The number of nitrogens with zero attached hydrogens (tertiary/aromatic N) is 2. The molecule has 160 valence electrons. The summed E-state index contributed by atoms with van der Waals surface area (Å²) in [5.74, 6) is -3.88. The van der Waals surface area contributed by atoms with E-state index in [1.807, 2.05) is 0 Å². The van der Waals surface area contributed by atoms with E-state index in [4.69, 9.17) is 4.74 Å². The molecule has 0 spiro atoms. The molecule has 0 saturated heterocycles. The lowest BCUT2D eigenvalue weighted by atomic mass is 10.1. The van der Waals surface area contributed by atoms with Crippen molar-refractivity contribution in [1.82, 2.24) is 15.3 Å². The van der Waals surface area contributed by atoms with Crippen LogP contribution in [-0.4, -0.2) is 36.6 Å². The highest BCUT2D eigenvalue weighted by Gasteiger charge is 2.33. The van der Waals surface area contributed by atoms with Crippen molar-refractivity contribution < 1.29 is 26.7 Å². The first-order chi connectivity index (χ1) is 14.0. The minimum Gasteiger partial charge on any atom is -0.438 e. The summed E-state index contributed by atoms with van der Waals surface area (Å²) in [5, 5.41) is 3.76. The highest BCUT2D eigenvalue weighted by molar-refractivity contribution is 7.93. The fraction of sp³-hybridized carbons (Fsp3) is 0.350. The summed E-state index contributed by atoms with van der Waals surface area (Å²) in [6.45, 7) is 0.711. The third-order valence-electron chi connectivity index (χ3n) is 4.39. The zero-order chi connectivity index (χ0) is 21.9. The molecule has 0 unspecified atom stereocenters. The summed E-state index contributed by atoms with van der Waals surface area (Å²) in [7, 11) is -3.34. The van der Waals surface area contributed by atoms with Gasteiger partial charge in [0.2, 0.25) is 5.88 Å². The zero-order valence-corrected chi connectivity index (χ0v) is 17.2. The molecular formula is C20H21F2N3O4S. The van der Waals surface area contributed by atoms with Crippen LogP contribution in [0, 0.1) is 5.92 Å². The molecule has 2 aromatic rings. The lowest BCUT2D eigenvalue weighted by molar-refractivity contribution is 0.0149. The van der Waals surface area contributed by atoms with E-state index in [9.17, 15) is 22.0 Å². The van der Waals surface area contributed by atoms with Crippen molar-refractivity contribution in [2.24, 2.45) is 5.92 Å². The Morgan fingerprint density at radius 3 is 2.50 bits per heavy atom. The van der Waals surface area contributed by atoms with E-state index in [0.717, 1.165) is 30.6 Å². The first kappa shape index (κ1) is 21.8. The molecule has 1 saturated carbocycles. The molecule has 3 rings (SSSR count). The van der Waals surface area contributed by atoms with Crippen LogP contribution in [0.1, 0.15) is 35.8 Å². The predicted octanol–water partition coefficient (Wildman–Crippen LogP) is 3.45. The molecule has 2 aromatic heterocycles. The van der Waals surface area contributed by atoms with Gasteiger partial charge in [-0.25, -0.2) is 22.2 Å². The number of sulfone groups is 1. The second kappa shape index (κ2) is 8.47. The van der Waals surface area contributed by atoms with Crippen LogP contribution in [-0.2, 0) is 15.8 Å². The van der Waals surface area contributed by atoms with Crippen LogP contribution in [0.4, 0.5) is 8.78 Å². The van der Waals surface area contributed by atoms with Crippen LogP contribution >= 0.6 is 0 Å². The maximum absolute atomic E-state index is 14.0. The third-order valence-corrected chi connectivity index (χ3v) is 5.04. The second-order valence-corrected chi connectivity index (χ2v) is 9.15. The smallest absolute Gasteiger partial charge is 0.275 e. The van der Waals surface area contributed by atoms with Gasteiger partial charge in [-0.2, -0.15) is 0 Å². The number of nitrogens with one attached hydrogen (secondary N) is 1. The van der Waals surface area contributed by atoms with Gasteiger partial charge in [-0.15, -0.1) is 0 Å². The molecule has 2 heterocycles. The lowest BCUT2D eigenvalue weighted by Crippen LogP contribution is -2.35. The number of carbonyl (C=O) groups excluding carboxylic acids is 1. The van der Waals surface area contributed by atoms with Crippen molar-refractivity contribution in [3.05, 3.63) is 59.4 Å². The molecule has 0 aliphatic heterocycles. The number of hydrogen-bond donors (Lipinski definition) is 1. The molecule has 1 N–H and O–H groups in total. The Hall–Kier alpha value is -2.88. The van der Waals surface area contributed by atoms with Gasteiger partial charge in [0, 0.05) is 31.0 Å². The van der Waals surface area contributed by atoms with Crippen molar-refractivity contribution in [2.75, 3.05) is 6.26 Å². The van der Waals surface area contributed by atoms with Crippen molar-refractivity contribution in [3.63, 3.8) is 0 Å². The summed E-state index contributed by atoms with van der Waals surface area (Å²) in [5.41, 5.74) is -0.586. The maximum Gasteiger partial charge on any atom is 0.275 e. The average Bonchev–Trinajstić information content (AvgIpc) is 3.49. The quantitative estimate of drug-likeness (QED) is 0.679. The lowest BCUT2D eigenvalue weighted by Gasteiger charge is -2.17. The minimum atomic E-state index is -3.34. The molecule has 1 fully saturated rings. The summed E-state index contributed by atoms with van der Waals surface area (Å²) in [6, 6.07) is 4.74. The van der Waals surface area contributed by atoms with E-state index in [1.54, 1.807) is 0 Å². The summed E-state index contributed by atoms with van der Waals surface area (Å²) >= 11 is 0. The molecule has 1 aliphatic rings. The first-order valence-corrected chi connectivity index (χ1v) is 11.1. The number of alkyl halides is 2. The van der Waals surface area contributed by atoms with E-state index in [-0.39, 0.29) is 17.4 Å². The van der Waals surface area contributed by atoms with Gasteiger partial charge in [-0.05, 0) is 43.0 Å². The van der Waals surface area contributed by atoms with E-state index in [1.165, 1.54) is 36.7 Å². The van der Waals surface area contributed by atoms with Gasteiger partial charge in [0.25, 0.3) is 11.8 Å². The molecule has 0 aromatic carbocycles. The predicted molar refractivity (Wildman–Crippen MR) is 106 cm³/mol.